The summed E-state index contributed by atoms with van der Waals surface area (Å²) in [5, 5.41) is 0.913. The van der Waals surface area contributed by atoms with Crippen LogP contribution in [0.2, 0.25) is 0 Å². The highest BCUT2D eigenvalue weighted by atomic mass is 19.1. The lowest BCUT2D eigenvalue weighted by atomic mass is 10.0. The molecular weight excluding hydrogens is 410 g/mol. The maximum Gasteiger partial charge on any atom is 0.254 e. The molecule has 0 radical (unpaired) electrons. The molecule has 0 fully saturated rings. The highest BCUT2D eigenvalue weighted by molar-refractivity contribution is 5.94. The van der Waals surface area contributed by atoms with Crippen molar-refractivity contribution >= 4 is 16.8 Å². The van der Waals surface area contributed by atoms with Gasteiger partial charge in [0.15, 0.2) is 0 Å². The first-order valence-corrected chi connectivity index (χ1v) is 10.2. The zero-order chi connectivity index (χ0) is 22.8. The van der Waals surface area contributed by atoms with Gasteiger partial charge in [0.25, 0.3) is 11.5 Å². The van der Waals surface area contributed by atoms with Gasteiger partial charge in [-0.1, -0.05) is 24.3 Å². The summed E-state index contributed by atoms with van der Waals surface area (Å²) in [6, 6.07) is 16.8. The first-order chi connectivity index (χ1) is 15.3. The second kappa shape index (κ2) is 8.75. The average molecular weight is 432 g/mol. The summed E-state index contributed by atoms with van der Waals surface area (Å²) in [6.07, 6.45) is 0. The number of carbonyl (C=O) groups is 1. The second-order valence-electron chi connectivity index (χ2n) is 7.91. The fourth-order valence-electron chi connectivity index (χ4n) is 3.73. The van der Waals surface area contributed by atoms with Gasteiger partial charge in [0.1, 0.15) is 11.6 Å². The number of benzene rings is 3. The molecule has 0 aliphatic heterocycles. The van der Waals surface area contributed by atoms with Crippen LogP contribution in [0.3, 0.4) is 0 Å². The molecular formula is C26H22F2N2O2. The Labute approximate surface area is 184 Å². The van der Waals surface area contributed by atoms with Crippen molar-refractivity contribution < 1.29 is 13.6 Å². The maximum atomic E-state index is 13.3. The number of amides is 1. The van der Waals surface area contributed by atoms with Gasteiger partial charge in [-0.25, -0.2) is 8.78 Å². The molecule has 6 heteroatoms. The van der Waals surface area contributed by atoms with Crippen molar-refractivity contribution in [2.75, 3.05) is 0 Å². The Kier molecular flexibility index (Phi) is 5.86. The smallest absolute Gasteiger partial charge is 0.254 e. The van der Waals surface area contributed by atoms with Crippen LogP contribution in [0.4, 0.5) is 8.78 Å². The maximum absolute atomic E-state index is 13.3. The van der Waals surface area contributed by atoms with E-state index in [0.29, 0.717) is 16.7 Å². The molecule has 4 aromatic rings. The predicted octanol–water partition coefficient (Wildman–Crippen LogP) is 5.27. The van der Waals surface area contributed by atoms with E-state index in [1.165, 1.54) is 41.3 Å². The van der Waals surface area contributed by atoms with E-state index in [1.807, 2.05) is 32.0 Å². The van der Waals surface area contributed by atoms with Crippen LogP contribution in [-0.4, -0.2) is 15.8 Å². The molecule has 32 heavy (non-hydrogen) atoms. The van der Waals surface area contributed by atoms with E-state index >= 15 is 0 Å². The summed E-state index contributed by atoms with van der Waals surface area (Å²) >= 11 is 0. The molecule has 0 saturated heterocycles. The molecule has 4 nitrogen and oxygen atoms in total. The van der Waals surface area contributed by atoms with Gasteiger partial charge < -0.3 is 9.88 Å². The first kappa shape index (κ1) is 21.4. The van der Waals surface area contributed by atoms with Crippen LogP contribution < -0.4 is 5.56 Å². The number of fused-ring (bicyclic) bond motifs is 1. The van der Waals surface area contributed by atoms with Gasteiger partial charge in [-0.05, 0) is 73.0 Å². The van der Waals surface area contributed by atoms with Crippen molar-refractivity contribution in [3.63, 3.8) is 0 Å². The van der Waals surface area contributed by atoms with Crippen molar-refractivity contribution in [2.45, 2.75) is 26.9 Å². The standard InChI is InChI=1S/C26H22F2N2O2/c1-16-3-4-17(2)24-23(16)13-20(25(31)29-24)15-30(14-18-5-9-21(27)10-6-18)26(32)19-7-11-22(28)12-8-19/h3-13H,14-15H2,1-2H3,(H,29,31). The number of nitrogens with zero attached hydrogens (tertiary/aromatic N) is 1. The largest absolute Gasteiger partial charge is 0.330 e. The average Bonchev–Trinajstić information content (AvgIpc) is 2.78. The van der Waals surface area contributed by atoms with Gasteiger partial charge >= 0.3 is 0 Å². The highest BCUT2D eigenvalue weighted by Crippen LogP contribution is 2.21. The molecule has 162 valence electrons. The molecule has 0 saturated carbocycles. The summed E-state index contributed by atoms with van der Waals surface area (Å²) in [7, 11) is 0. The third kappa shape index (κ3) is 4.44. The lowest BCUT2D eigenvalue weighted by Crippen LogP contribution is -2.32. The van der Waals surface area contributed by atoms with Crippen LogP contribution in [0.25, 0.3) is 10.9 Å². The molecule has 1 amide bonds. The minimum absolute atomic E-state index is 0.0479. The van der Waals surface area contributed by atoms with E-state index in [-0.39, 0.29) is 30.4 Å². The monoisotopic (exact) mass is 432 g/mol. The van der Waals surface area contributed by atoms with Gasteiger partial charge in [-0.2, -0.15) is 0 Å². The Bertz CT molecular complexity index is 1340. The van der Waals surface area contributed by atoms with E-state index in [4.69, 9.17) is 0 Å². The molecule has 1 N–H and O–H groups in total. The summed E-state index contributed by atoms with van der Waals surface area (Å²) < 4.78 is 26.7. The Morgan fingerprint density at radius 2 is 1.44 bits per heavy atom. The van der Waals surface area contributed by atoms with Crippen molar-refractivity contribution in [1.29, 1.82) is 0 Å². The molecule has 1 heterocycles. The highest BCUT2D eigenvalue weighted by Gasteiger charge is 2.19. The topological polar surface area (TPSA) is 53.2 Å². The molecule has 0 atom stereocenters. The van der Waals surface area contributed by atoms with Crippen molar-refractivity contribution in [3.8, 4) is 0 Å². The third-order valence-corrected chi connectivity index (χ3v) is 5.55. The van der Waals surface area contributed by atoms with Gasteiger partial charge in [0.05, 0.1) is 12.1 Å². The van der Waals surface area contributed by atoms with Gasteiger partial charge in [0.2, 0.25) is 0 Å². The number of aryl methyl sites for hydroxylation is 2. The Morgan fingerprint density at radius 3 is 2.09 bits per heavy atom. The van der Waals surface area contributed by atoms with Crippen LogP contribution in [-0.2, 0) is 13.1 Å². The Hall–Kier alpha value is -3.80. The second-order valence-corrected chi connectivity index (χ2v) is 7.91. The van der Waals surface area contributed by atoms with Gasteiger partial charge in [-0.15, -0.1) is 0 Å². The number of rotatable bonds is 5. The van der Waals surface area contributed by atoms with Crippen molar-refractivity contribution in [2.24, 2.45) is 0 Å². The molecule has 4 rings (SSSR count). The zero-order valence-electron chi connectivity index (χ0n) is 17.8. The van der Waals surface area contributed by atoms with E-state index in [9.17, 15) is 18.4 Å². The van der Waals surface area contributed by atoms with Crippen LogP contribution in [0.5, 0.6) is 0 Å². The number of halogens is 2. The summed E-state index contributed by atoms with van der Waals surface area (Å²) in [5.41, 5.74) is 3.92. The molecule has 0 aliphatic rings. The van der Waals surface area contributed by atoms with E-state index in [0.717, 1.165) is 22.0 Å². The Morgan fingerprint density at radius 1 is 0.844 bits per heavy atom. The first-order valence-electron chi connectivity index (χ1n) is 10.2. The number of pyridine rings is 1. The molecule has 0 bridgehead atoms. The fraction of sp³-hybridized carbons (Fsp3) is 0.154. The summed E-state index contributed by atoms with van der Waals surface area (Å²) in [4.78, 5) is 30.5. The summed E-state index contributed by atoms with van der Waals surface area (Å²) in [5.74, 6) is -1.17. The van der Waals surface area contributed by atoms with E-state index < -0.39 is 5.82 Å². The fourth-order valence-corrected chi connectivity index (χ4v) is 3.73. The Balaban J connectivity index is 1.74. The number of aromatic nitrogens is 1. The molecule has 1 aromatic heterocycles. The van der Waals surface area contributed by atoms with Crippen LogP contribution in [0.1, 0.15) is 32.6 Å². The number of hydrogen-bond donors (Lipinski definition) is 1. The van der Waals surface area contributed by atoms with Crippen molar-refractivity contribution in [3.05, 3.63) is 117 Å². The lowest BCUT2D eigenvalue weighted by Gasteiger charge is -2.23. The van der Waals surface area contributed by atoms with Gasteiger partial charge in [0, 0.05) is 23.1 Å². The summed E-state index contributed by atoms with van der Waals surface area (Å²) in [6.45, 7) is 4.10. The molecule has 0 unspecified atom stereocenters. The number of nitrogens with one attached hydrogen (secondary N) is 1. The minimum Gasteiger partial charge on any atom is -0.330 e. The number of hydrogen-bond acceptors (Lipinski definition) is 2. The number of H-pyrrole nitrogens is 1. The lowest BCUT2D eigenvalue weighted by molar-refractivity contribution is 0.0729. The number of aromatic amines is 1. The predicted molar refractivity (Wildman–Crippen MR) is 120 cm³/mol. The zero-order valence-corrected chi connectivity index (χ0v) is 17.8. The number of carbonyl (C=O) groups excluding carboxylic acids is 1. The van der Waals surface area contributed by atoms with Crippen molar-refractivity contribution in [1.82, 2.24) is 9.88 Å². The van der Waals surface area contributed by atoms with Gasteiger partial charge in [-0.3, -0.25) is 9.59 Å². The van der Waals surface area contributed by atoms with Crippen LogP contribution >= 0.6 is 0 Å². The van der Waals surface area contributed by atoms with Crippen LogP contribution in [0.15, 0.2) is 71.5 Å². The molecule has 3 aromatic carbocycles. The van der Waals surface area contributed by atoms with E-state index in [2.05, 4.69) is 4.98 Å². The van der Waals surface area contributed by atoms with E-state index in [1.54, 1.807) is 12.1 Å². The minimum atomic E-state index is -0.441. The molecule has 0 aliphatic carbocycles. The quantitative estimate of drug-likeness (QED) is 0.467. The third-order valence-electron chi connectivity index (χ3n) is 5.55. The normalized spacial score (nSPS) is 11.0. The molecule has 0 spiro atoms. The van der Waals surface area contributed by atoms with Crippen LogP contribution in [0, 0.1) is 25.5 Å². The SMILES string of the molecule is Cc1ccc(C)c2[nH]c(=O)c(CN(Cc3ccc(F)cc3)C(=O)c3ccc(F)cc3)cc12.